The molecule has 2 nitrogen and oxygen atoms in total. The maximum atomic E-state index is 12.3. The molecule has 17 heavy (non-hydrogen) atoms. The maximum absolute atomic E-state index is 12.3. The Hall–Kier alpha value is -1.15. The zero-order valence-electron chi connectivity index (χ0n) is 11.8. The van der Waals surface area contributed by atoms with Gasteiger partial charge in [0.2, 0.25) is 0 Å². The molecule has 0 spiro atoms. The molecule has 0 fully saturated rings. The second-order valence-corrected chi connectivity index (χ2v) is 5.42. The Bertz CT molecular complexity index is 399. The predicted molar refractivity (Wildman–Crippen MR) is 72.4 cm³/mol. The largest absolute Gasteiger partial charge is 0.298 e. The molecule has 0 heterocycles. The Morgan fingerprint density at radius 2 is 1.65 bits per heavy atom. The van der Waals surface area contributed by atoms with Gasteiger partial charge in [-0.2, -0.15) is 0 Å². The van der Waals surface area contributed by atoms with E-state index in [2.05, 4.69) is 26.0 Å². The SMILES string of the molecule is Cc1cccc(C)c1CC(=O)C(C)(C)N(C)C. The summed E-state index contributed by atoms with van der Waals surface area (Å²) in [5.41, 5.74) is 3.17. The molecule has 0 aliphatic carbocycles. The fraction of sp³-hybridized carbons (Fsp3) is 0.533. The lowest BCUT2D eigenvalue weighted by Crippen LogP contribution is -2.46. The van der Waals surface area contributed by atoms with E-state index in [-0.39, 0.29) is 5.78 Å². The van der Waals surface area contributed by atoms with Gasteiger partial charge in [0.05, 0.1) is 5.54 Å². The van der Waals surface area contributed by atoms with Crippen molar-refractivity contribution in [1.29, 1.82) is 0 Å². The number of nitrogens with zero attached hydrogens (tertiary/aromatic N) is 1. The minimum absolute atomic E-state index is 0.264. The average molecular weight is 233 g/mol. The molecule has 2 heteroatoms. The number of Topliss-reactive ketones (excluding diaryl/α,β-unsaturated/α-hetero) is 1. The molecule has 0 saturated heterocycles. The molecule has 0 bridgehead atoms. The Balaban J connectivity index is 2.96. The van der Waals surface area contributed by atoms with E-state index in [1.54, 1.807) is 0 Å². The Labute approximate surface area is 105 Å². The monoisotopic (exact) mass is 233 g/mol. The van der Waals surface area contributed by atoms with Crippen LogP contribution in [0.4, 0.5) is 0 Å². The van der Waals surface area contributed by atoms with Gasteiger partial charge in [0.25, 0.3) is 0 Å². The van der Waals surface area contributed by atoms with Crippen molar-refractivity contribution in [2.45, 2.75) is 39.7 Å². The number of carbonyl (C=O) groups is 1. The standard InChI is InChI=1S/C15H23NO/c1-11-8-7-9-12(2)13(11)10-14(17)15(3,4)16(5)6/h7-9H,10H2,1-6H3. The number of benzene rings is 1. The first-order chi connectivity index (χ1) is 7.76. The zero-order chi connectivity index (χ0) is 13.2. The highest BCUT2D eigenvalue weighted by molar-refractivity contribution is 5.89. The first-order valence-corrected chi connectivity index (χ1v) is 6.02. The summed E-state index contributed by atoms with van der Waals surface area (Å²) < 4.78 is 0. The van der Waals surface area contributed by atoms with Gasteiger partial charge in [0.1, 0.15) is 0 Å². The highest BCUT2D eigenvalue weighted by Gasteiger charge is 2.29. The van der Waals surface area contributed by atoms with Gasteiger partial charge in [-0.1, -0.05) is 18.2 Å². The second-order valence-electron chi connectivity index (χ2n) is 5.42. The van der Waals surface area contributed by atoms with Crippen LogP contribution >= 0.6 is 0 Å². The molecule has 1 aromatic carbocycles. The minimum Gasteiger partial charge on any atom is -0.298 e. The van der Waals surface area contributed by atoms with Crippen LogP contribution in [0.2, 0.25) is 0 Å². The van der Waals surface area contributed by atoms with Crippen molar-refractivity contribution in [2.24, 2.45) is 0 Å². The van der Waals surface area contributed by atoms with Crippen LogP contribution in [-0.2, 0) is 11.2 Å². The van der Waals surface area contributed by atoms with Crippen LogP contribution < -0.4 is 0 Å². The molecule has 0 aliphatic heterocycles. The van der Waals surface area contributed by atoms with Gasteiger partial charge in [-0.15, -0.1) is 0 Å². The van der Waals surface area contributed by atoms with E-state index in [0.717, 1.165) is 0 Å². The van der Waals surface area contributed by atoms with Crippen molar-refractivity contribution in [3.8, 4) is 0 Å². The number of carbonyl (C=O) groups excluding carboxylic acids is 1. The summed E-state index contributed by atoms with van der Waals surface area (Å²) in [5, 5.41) is 0. The van der Waals surface area contributed by atoms with Crippen LogP contribution in [0.15, 0.2) is 18.2 Å². The van der Waals surface area contributed by atoms with Crippen molar-refractivity contribution in [1.82, 2.24) is 4.90 Å². The van der Waals surface area contributed by atoms with Crippen molar-refractivity contribution < 1.29 is 4.79 Å². The van der Waals surface area contributed by atoms with Crippen molar-refractivity contribution >= 4 is 5.78 Å². The maximum Gasteiger partial charge on any atom is 0.156 e. The molecular formula is C15H23NO. The number of hydrogen-bond donors (Lipinski definition) is 0. The van der Waals surface area contributed by atoms with Crippen molar-refractivity contribution in [3.05, 3.63) is 34.9 Å². The molecule has 0 amide bonds. The first-order valence-electron chi connectivity index (χ1n) is 6.02. The van der Waals surface area contributed by atoms with E-state index in [1.165, 1.54) is 16.7 Å². The molecular weight excluding hydrogens is 210 g/mol. The summed E-state index contributed by atoms with van der Waals surface area (Å²) in [6.07, 6.45) is 0.518. The fourth-order valence-corrected chi connectivity index (χ4v) is 1.75. The van der Waals surface area contributed by atoms with E-state index < -0.39 is 5.54 Å². The summed E-state index contributed by atoms with van der Waals surface area (Å²) in [6, 6.07) is 6.17. The van der Waals surface area contributed by atoms with Gasteiger partial charge in [0.15, 0.2) is 5.78 Å². The normalized spacial score (nSPS) is 11.9. The van der Waals surface area contributed by atoms with Crippen LogP contribution in [-0.4, -0.2) is 30.3 Å². The van der Waals surface area contributed by atoms with Crippen molar-refractivity contribution in [2.75, 3.05) is 14.1 Å². The highest BCUT2D eigenvalue weighted by Crippen LogP contribution is 2.19. The minimum atomic E-state index is -0.408. The van der Waals surface area contributed by atoms with Crippen LogP contribution in [0.25, 0.3) is 0 Å². The molecule has 1 rings (SSSR count). The Morgan fingerprint density at radius 3 is 2.06 bits per heavy atom. The lowest BCUT2D eigenvalue weighted by molar-refractivity contribution is -0.127. The number of aryl methyl sites for hydroxylation is 2. The third kappa shape index (κ3) is 2.95. The molecule has 0 saturated carbocycles. The van der Waals surface area contributed by atoms with Gasteiger partial charge in [-0.3, -0.25) is 9.69 Å². The summed E-state index contributed by atoms with van der Waals surface area (Å²) in [6.45, 7) is 8.09. The van der Waals surface area contributed by atoms with Gasteiger partial charge in [-0.05, 0) is 58.5 Å². The highest BCUT2D eigenvalue weighted by atomic mass is 16.1. The number of ketones is 1. The lowest BCUT2D eigenvalue weighted by Gasteiger charge is -2.31. The van der Waals surface area contributed by atoms with Crippen LogP contribution in [0, 0.1) is 13.8 Å². The van der Waals surface area contributed by atoms with E-state index in [4.69, 9.17) is 0 Å². The summed E-state index contributed by atoms with van der Waals surface area (Å²) >= 11 is 0. The summed E-state index contributed by atoms with van der Waals surface area (Å²) in [5.74, 6) is 0.264. The first kappa shape index (κ1) is 13.9. The van der Waals surface area contributed by atoms with Gasteiger partial charge in [-0.25, -0.2) is 0 Å². The fourth-order valence-electron chi connectivity index (χ4n) is 1.75. The number of hydrogen-bond acceptors (Lipinski definition) is 2. The molecule has 0 N–H and O–H groups in total. The summed E-state index contributed by atoms with van der Waals surface area (Å²) in [7, 11) is 3.89. The Morgan fingerprint density at radius 1 is 1.18 bits per heavy atom. The average Bonchev–Trinajstić information content (AvgIpc) is 2.23. The van der Waals surface area contributed by atoms with Crippen LogP contribution in [0.1, 0.15) is 30.5 Å². The zero-order valence-corrected chi connectivity index (χ0v) is 11.8. The predicted octanol–water partition coefficient (Wildman–Crippen LogP) is 2.76. The molecule has 0 radical (unpaired) electrons. The molecule has 94 valence electrons. The molecule has 0 aliphatic rings. The molecule has 0 aromatic heterocycles. The van der Waals surface area contributed by atoms with Gasteiger partial charge < -0.3 is 0 Å². The molecule has 0 unspecified atom stereocenters. The van der Waals surface area contributed by atoms with Gasteiger partial charge >= 0.3 is 0 Å². The summed E-state index contributed by atoms with van der Waals surface area (Å²) in [4.78, 5) is 14.3. The van der Waals surface area contributed by atoms with Gasteiger partial charge in [0, 0.05) is 6.42 Å². The van der Waals surface area contributed by atoms with Crippen LogP contribution in [0.3, 0.4) is 0 Å². The van der Waals surface area contributed by atoms with Crippen LogP contribution in [0.5, 0.6) is 0 Å². The van der Waals surface area contributed by atoms with Crippen molar-refractivity contribution in [3.63, 3.8) is 0 Å². The quantitative estimate of drug-likeness (QED) is 0.797. The number of likely N-dealkylation sites (N-methyl/N-ethyl adjacent to an activating group) is 1. The lowest BCUT2D eigenvalue weighted by atomic mass is 9.89. The topological polar surface area (TPSA) is 20.3 Å². The Kier molecular flexibility index (Phi) is 4.10. The van der Waals surface area contributed by atoms with E-state index in [0.29, 0.717) is 6.42 Å². The third-order valence-electron chi connectivity index (χ3n) is 3.78. The second kappa shape index (κ2) is 5.01. The number of rotatable bonds is 4. The smallest absolute Gasteiger partial charge is 0.156 e. The van der Waals surface area contributed by atoms with E-state index in [1.807, 2.05) is 38.9 Å². The van der Waals surface area contributed by atoms with E-state index in [9.17, 15) is 4.79 Å². The van der Waals surface area contributed by atoms with E-state index >= 15 is 0 Å². The molecule has 0 atom stereocenters. The molecule has 1 aromatic rings. The third-order valence-corrected chi connectivity index (χ3v) is 3.78.